The van der Waals surface area contributed by atoms with E-state index in [1.807, 2.05) is 65.4 Å². The van der Waals surface area contributed by atoms with E-state index in [2.05, 4.69) is 22.0 Å². The molecule has 2 aromatic carbocycles. The number of imidazole rings is 1. The molecule has 0 fully saturated rings. The first-order valence-corrected chi connectivity index (χ1v) is 8.89. The van der Waals surface area contributed by atoms with Crippen LogP contribution < -0.4 is 0 Å². The van der Waals surface area contributed by atoms with Gasteiger partial charge in [-0.1, -0.05) is 64.9 Å². The fraction of sp³-hybridized carbons (Fsp3) is 0.105. The Kier molecular flexibility index (Phi) is 4.35. The van der Waals surface area contributed by atoms with Gasteiger partial charge in [-0.3, -0.25) is 4.57 Å². The van der Waals surface area contributed by atoms with E-state index >= 15 is 0 Å². The average molecular weight is 348 g/mol. The number of nitrogens with zero attached hydrogens (tertiary/aromatic N) is 4. The van der Waals surface area contributed by atoms with Crippen LogP contribution in [0.2, 0.25) is 0 Å². The summed E-state index contributed by atoms with van der Waals surface area (Å²) in [6.45, 7) is 2.05. The Labute approximate surface area is 149 Å². The molecule has 0 saturated heterocycles. The third-order valence-corrected chi connectivity index (χ3v) is 4.70. The van der Waals surface area contributed by atoms with E-state index in [1.165, 1.54) is 5.56 Å². The quantitative estimate of drug-likeness (QED) is 0.496. The lowest BCUT2D eigenvalue weighted by Gasteiger charge is -2.05. The fourth-order valence-corrected chi connectivity index (χ4v) is 3.25. The van der Waals surface area contributed by atoms with Crippen molar-refractivity contribution in [2.24, 2.45) is 0 Å². The highest BCUT2D eigenvalue weighted by atomic mass is 32.2. The highest BCUT2D eigenvalue weighted by Crippen LogP contribution is 2.24. The van der Waals surface area contributed by atoms with Gasteiger partial charge in [0.25, 0.3) is 0 Å². The largest absolute Gasteiger partial charge is 0.338 e. The van der Waals surface area contributed by atoms with Crippen LogP contribution >= 0.6 is 11.8 Å². The number of aromatic nitrogens is 4. The highest BCUT2D eigenvalue weighted by molar-refractivity contribution is 7.98. The molecule has 0 aliphatic heterocycles. The van der Waals surface area contributed by atoms with Crippen molar-refractivity contribution in [1.82, 2.24) is 19.7 Å². The van der Waals surface area contributed by atoms with Crippen LogP contribution in [0.3, 0.4) is 0 Å². The summed E-state index contributed by atoms with van der Waals surface area (Å²) in [5, 5.41) is 4.96. The van der Waals surface area contributed by atoms with Gasteiger partial charge in [0.05, 0.1) is 5.75 Å². The first-order chi connectivity index (χ1) is 12.3. The molecule has 4 rings (SSSR count). The van der Waals surface area contributed by atoms with Gasteiger partial charge in [0.15, 0.2) is 5.16 Å². The Morgan fingerprint density at radius 2 is 1.84 bits per heavy atom. The van der Waals surface area contributed by atoms with E-state index in [0.717, 1.165) is 16.4 Å². The molecule has 0 N–H and O–H groups in total. The van der Waals surface area contributed by atoms with Gasteiger partial charge in [0.1, 0.15) is 0 Å². The Morgan fingerprint density at radius 1 is 1.04 bits per heavy atom. The lowest BCUT2D eigenvalue weighted by Crippen LogP contribution is -1.94. The summed E-state index contributed by atoms with van der Waals surface area (Å²) in [7, 11) is 0. The van der Waals surface area contributed by atoms with Crippen molar-refractivity contribution in [1.29, 1.82) is 0 Å². The molecule has 0 aliphatic rings. The molecule has 2 heterocycles. The number of para-hydroxylation sites is 1. The molecule has 5 nitrogen and oxygen atoms in total. The number of thioether (sulfide) groups is 1. The predicted octanol–water partition coefficient (Wildman–Crippen LogP) is 4.52. The third kappa shape index (κ3) is 3.49. The van der Waals surface area contributed by atoms with Gasteiger partial charge in [-0.25, -0.2) is 4.98 Å². The second-order valence-corrected chi connectivity index (χ2v) is 6.52. The monoisotopic (exact) mass is 348 g/mol. The topological polar surface area (TPSA) is 56.7 Å². The first-order valence-electron chi connectivity index (χ1n) is 7.91. The van der Waals surface area contributed by atoms with Crippen LogP contribution in [0.1, 0.15) is 11.5 Å². The minimum absolute atomic E-state index is 0.572. The predicted molar refractivity (Wildman–Crippen MR) is 97.6 cm³/mol. The molecule has 6 heteroatoms. The van der Waals surface area contributed by atoms with Crippen LogP contribution in [-0.4, -0.2) is 19.7 Å². The van der Waals surface area contributed by atoms with Crippen molar-refractivity contribution in [2.75, 3.05) is 0 Å². The molecule has 0 amide bonds. The highest BCUT2D eigenvalue weighted by Gasteiger charge is 2.11. The number of benzene rings is 2. The van der Waals surface area contributed by atoms with Crippen LogP contribution in [-0.2, 0) is 5.75 Å². The van der Waals surface area contributed by atoms with Gasteiger partial charge in [-0.2, -0.15) is 4.98 Å². The number of hydrogen-bond donors (Lipinski definition) is 0. The summed E-state index contributed by atoms with van der Waals surface area (Å²) in [5.74, 6) is 1.77. The summed E-state index contributed by atoms with van der Waals surface area (Å²) in [5.41, 5.74) is 3.24. The normalized spacial score (nSPS) is 10.9. The van der Waals surface area contributed by atoms with Crippen molar-refractivity contribution in [3.8, 4) is 17.1 Å². The lowest BCUT2D eigenvalue weighted by molar-refractivity contribution is 0.391. The third-order valence-electron chi connectivity index (χ3n) is 3.74. The summed E-state index contributed by atoms with van der Waals surface area (Å²) in [6.07, 6.45) is 3.74. The van der Waals surface area contributed by atoms with Gasteiger partial charge in [0, 0.05) is 23.6 Å². The van der Waals surface area contributed by atoms with Gasteiger partial charge in [0.2, 0.25) is 11.7 Å². The zero-order valence-corrected chi connectivity index (χ0v) is 14.5. The van der Waals surface area contributed by atoms with Gasteiger partial charge < -0.3 is 4.52 Å². The number of rotatable bonds is 5. The van der Waals surface area contributed by atoms with Crippen LogP contribution in [0, 0.1) is 6.92 Å². The molecule has 0 radical (unpaired) electrons. The van der Waals surface area contributed by atoms with Gasteiger partial charge in [-0.15, -0.1) is 0 Å². The van der Waals surface area contributed by atoms with Crippen LogP contribution in [0.5, 0.6) is 0 Å². The molecule has 4 aromatic rings. The molecule has 0 saturated carbocycles. The minimum Gasteiger partial charge on any atom is -0.338 e. The van der Waals surface area contributed by atoms with Crippen molar-refractivity contribution in [3.05, 3.63) is 78.4 Å². The zero-order chi connectivity index (χ0) is 17.1. The molecule has 0 atom stereocenters. The Morgan fingerprint density at radius 3 is 2.64 bits per heavy atom. The standard InChI is InChI=1S/C19H16N4OS/c1-14-7-9-15(10-8-14)18-21-17(24-22-18)13-25-19-20-11-12-23(19)16-5-3-2-4-6-16/h2-12H,13H2,1H3. The van der Waals surface area contributed by atoms with Gasteiger partial charge in [-0.05, 0) is 19.1 Å². The molecule has 2 aromatic heterocycles. The number of hydrogen-bond acceptors (Lipinski definition) is 5. The molecule has 25 heavy (non-hydrogen) atoms. The Balaban J connectivity index is 1.48. The van der Waals surface area contributed by atoms with E-state index < -0.39 is 0 Å². The number of aryl methyl sites for hydroxylation is 1. The average Bonchev–Trinajstić information content (AvgIpc) is 3.31. The first kappa shape index (κ1) is 15.7. The maximum Gasteiger partial charge on any atom is 0.237 e. The second-order valence-electron chi connectivity index (χ2n) is 5.58. The smallest absolute Gasteiger partial charge is 0.237 e. The summed E-state index contributed by atoms with van der Waals surface area (Å²) >= 11 is 1.57. The van der Waals surface area contributed by atoms with E-state index in [-0.39, 0.29) is 0 Å². The summed E-state index contributed by atoms with van der Waals surface area (Å²) in [6, 6.07) is 18.2. The van der Waals surface area contributed by atoms with E-state index in [9.17, 15) is 0 Å². The summed E-state index contributed by atoms with van der Waals surface area (Å²) < 4.78 is 7.42. The maximum atomic E-state index is 5.37. The van der Waals surface area contributed by atoms with Crippen molar-refractivity contribution in [3.63, 3.8) is 0 Å². The van der Waals surface area contributed by atoms with Crippen molar-refractivity contribution < 1.29 is 4.52 Å². The zero-order valence-electron chi connectivity index (χ0n) is 13.7. The molecule has 0 spiro atoms. The van der Waals surface area contributed by atoms with Crippen LogP contribution in [0.4, 0.5) is 0 Å². The summed E-state index contributed by atoms with van der Waals surface area (Å²) in [4.78, 5) is 8.89. The SMILES string of the molecule is Cc1ccc(-c2noc(CSc3nccn3-c3ccccc3)n2)cc1. The van der Waals surface area contributed by atoms with Gasteiger partial charge >= 0.3 is 0 Å². The van der Waals surface area contributed by atoms with E-state index in [0.29, 0.717) is 17.5 Å². The second kappa shape index (κ2) is 6.94. The van der Waals surface area contributed by atoms with Crippen LogP contribution in [0.25, 0.3) is 17.1 Å². The minimum atomic E-state index is 0.572. The molecule has 0 aliphatic carbocycles. The van der Waals surface area contributed by atoms with Crippen molar-refractivity contribution in [2.45, 2.75) is 17.8 Å². The Hall–Kier alpha value is -2.86. The lowest BCUT2D eigenvalue weighted by atomic mass is 10.1. The van der Waals surface area contributed by atoms with Crippen LogP contribution in [0.15, 0.2) is 76.7 Å². The Bertz CT molecular complexity index is 961. The maximum absolute atomic E-state index is 5.37. The molecule has 0 unspecified atom stereocenters. The van der Waals surface area contributed by atoms with E-state index in [1.54, 1.807) is 18.0 Å². The molecular formula is C19H16N4OS. The molecule has 124 valence electrons. The molecule has 0 bridgehead atoms. The van der Waals surface area contributed by atoms with E-state index in [4.69, 9.17) is 4.52 Å². The molecular weight excluding hydrogens is 332 g/mol. The van der Waals surface area contributed by atoms with Crippen molar-refractivity contribution >= 4 is 11.8 Å². The fourth-order valence-electron chi connectivity index (χ4n) is 2.44.